The van der Waals surface area contributed by atoms with Crippen LogP contribution in [-0.2, 0) is 16.1 Å². The molecular formula is C21H20BrN3O4S. The highest BCUT2D eigenvalue weighted by Gasteiger charge is 2.43. The van der Waals surface area contributed by atoms with E-state index in [9.17, 15) is 9.59 Å². The second-order valence-electron chi connectivity index (χ2n) is 6.91. The molecular weight excluding hydrogens is 470 g/mol. The van der Waals surface area contributed by atoms with Crippen LogP contribution in [0.25, 0.3) is 0 Å². The predicted molar refractivity (Wildman–Crippen MR) is 119 cm³/mol. The summed E-state index contributed by atoms with van der Waals surface area (Å²) < 4.78 is 11.7. The molecule has 2 heterocycles. The summed E-state index contributed by atoms with van der Waals surface area (Å²) >= 11 is 8.92. The van der Waals surface area contributed by atoms with E-state index in [4.69, 9.17) is 21.7 Å². The highest BCUT2D eigenvalue weighted by atomic mass is 79.9. The Balaban J connectivity index is 1.60. The molecule has 0 bridgehead atoms. The summed E-state index contributed by atoms with van der Waals surface area (Å²) in [6.45, 7) is 3.10. The van der Waals surface area contributed by atoms with Crippen LogP contribution in [0, 0.1) is 0 Å². The Kier molecular flexibility index (Phi) is 5.92. The molecule has 1 fully saturated rings. The van der Waals surface area contributed by atoms with Gasteiger partial charge in [-0.3, -0.25) is 9.59 Å². The number of nitrogens with zero attached hydrogens (tertiary/aromatic N) is 2. The molecule has 1 N–H and O–H groups in total. The molecule has 9 heteroatoms. The largest absolute Gasteiger partial charge is 0.454 e. The lowest BCUT2D eigenvalue weighted by atomic mass is 10.1. The van der Waals surface area contributed by atoms with Gasteiger partial charge in [0, 0.05) is 17.6 Å². The molecule has 1 atom stereocenters. The third kappa shape index (κ3) is 3.99. The predicted octanol–water partition coefficient (Wildman–Crippen LogP) is 3.21. The van der Waals surface area contributed by atoms with Crippen molar-refractivity contribution in [3.05, 3.63) is 52.5 Å². The second kappa shape index (κ2) is 8.61. The molecule has 0 aliphatic carbocycles. The Hall–Kier alpha value is -2.65. The normalized spacial score (nSPS) is 17.4. The number of benzene rings is 2. The van der Waals surface area contributed by atoms with Gasteiger partial charge in [-0.1, -0.05) is 22.0 Å². The third-order valence-electron chi connectivity index (χ3n) is 4.96. The molecule has 2 aromatic rings. The quantitative estimate of drug-likeness (QED) is 0.510. The summed E-state index contributed by atoms with van der Waals surface area (Å²) in [6.07, 6.45) is 0.0605. The number of amides is 2. The zero-order chi connectivity index (χ0) is 21.3. The number of hydrogen-bond donors (Lipinski definition) is 1. The smallest absolute Gasteiger partial charge is 0.257 e. The molecule has 0 unspecified atom stereocenters. The average Bonchev–Trinajstić information content (AvgIpc) is 3.31. The zero-order valence-electron chi connectivity index (χ0n) is 16.3. The Labute approximate surface area is 188 Å². The Morgan fingerprint density at radius 2 is 1.93 bits per heavy atom. The van der Waals surface area contributed by atoms with Crippen LogP contribution in [0.1, 0.15) is 18.9 Å². The van der Waals surface area contributed by atoms with E-state index in [-0.39, 0.29) is 25.0 Å². The molecule has 7 nitrogen and oxygen atoms in total. The first-order valence-electron chi connectivity index (χ1n) is 9.53. The lowest BCUT2D eigenvalue weighted by Gasteiger charge is -2.30. The van der Waals surface area contributed by atoms with E-state index in [0.29, 0.717) is 35.4 Å². The number of anilines is 1. The second-order valence-corrected chi connectivity index (χ2v) is 8.22. The highest BCUT2D eigenvalue weighted by Crippen LogP contribution is 2.34. The molecule has 2 aliphatic heterocycles. The fourth-order valence-electron chi connectivity index (χ4n) is 3.53. The topological polar surface area (TPSA) is 71.1 Å². The number of hydrogen-bond acceptors (Lipinski definition) is 5. The molecule has 0 spiro atoms. The van der Waals surface area contributed by atoms with Crippen molar-refractivity contribution in [2.45, 2.75) is 25.9 Å². The molecule has 2 aliphatic rings. The maximum absolute atomic E-state index is 13.2. The van der Waals surface area contributed by atoms with Crippen molar-refractivity contribution >= 4 is 50.8 Å². The fourth-order valence-corrected chi connectivity index (χ4v) is 4.13. The summed E-state index contributed by atoms with van der Waals surface area (Å²) in [4.78, 5) is 29.0. The van der Waals surface area contributed by atoms with Gasteiger partial charge in [0.05, 0.1) is 12.1 Å². The van der Waals surface area contributed by atoms with Crippen LogP contribution < -0.4 is 19.7 Å². The van der Waals surface area contributed by atoms with Gasteiger partial charge in [0.1, 0.15) is 6.04 Å². The van der Waals surface area contributed by atoms with Gasteiger partial charge in [0.25, 0.3) is 5.91 Å². The van der Waals surface area contributed by atoms with E-state index in [1.54, 1.807) is 29.2 Å². The number of ether oxygens (including phenoxy) is 2. The van der Waals surface area contributed by atoms with Crippen LogP contribution in [0.5, 0.6) is 11.5 Å². The molecule has 0 aromatic heterocycles. The molecule has 30 heavy (non-hydrogen) atoms. The van der Waals surface area contributed by atoms with Gasteiger partial charge in [-0.2, -0.15) is 0 Å². The summed E-state index contributed by atoms with van der Waals surface area (Å²) in [7, 11) is 0. The minimum atomic E-state index is -0.682. The van der Waals surface area contributed by atoms with Gasteiger partial charge < -0.3 is 19.7 Å². The molecule has 0 radical (unpaired) electrons. The molecule has 0 saturated carbocycles. The van der Waals surface area contributed by atoms with Gasteiger partial charge in [0.15, 0.2) is 16.6 Å². The van der Waals surface area contributed by atoms with E-state index < -0.39 is 6.04 Å². The van der Waals surface area contributed by atoms with Gasteiger partial charge in [-0.05, 0) is 61.1 Å². The standard InChI is InChI=1S/C21H20BrN3O4S/c1-2-23-21(30)24(11-13-3-8-17-18(9-13)29-12-28-17)16-10-19(26)25(20(16)27)15-6-4-14(22)5-7-15/h3-9,16H,2,10-12H2,1H3,(H,23,30)/t16-/m0/s1. The van der Waals surface area contributed by atoms with Crippen molar-refractivity contribution < 1.29 is 19.1 Å². The van der Waals surface area contributed by atoms with E-state index in [1.807, 2.05) is 25.1 Å². The lowest BCUT2D eigenvalue weighted by Crippen LogP contribution is -2.49. The van der Waals surface area contributed by atoms with Gasteiger partial charge in [-0.25, -0.2) is 4.90 Å². The van der Waals surface area contributed by atoms with E-state index in [2.05, 4.69) is 21.2 Å². The first kappa shape index (κ1) is 20.6. The average molecular weight is 490 g/mol. The van der Waals surface area contributed by atoms with Crippen molar-refractivity contribution in [3.8, 4) is 11.5 Å². The van der Waals surface area contributed by atoms with Crippen LogP contribution >= 0.6 is 28.1 Å². The van der Waals surface area contributed by atoms with Crippen LogP contribution in [0.4, 0.5) is 5.69 Å². The van der Waals surface area contributed by atoms with Gasteiger partial charge in [-0.15, -0.1) is 0 Å². The number of carbonyl (C=O) groups excluding carboxylic acids is 2. The number of imide groups is 1. The van der Waals surface area contributed by atoms with Crippen molar-refractivity contribution in [1.29, 1.82) is 0 Å². The number of rotatable bonds is 5. The summed E-state index contributed by atoms with van der Waals surface area (Å²) in [5.41, 5.74) is 1.45. The van der Waals surface area contributed by atoms with Crippen molar-refractivity contribution in [2.75, 3.05) is 18.2 Å². The maximum atomic E-state index is 13.2. The Bertz CT molecular complexity index is 998. The van der Waals surface area contributed by atoms with Crippen LogP contribution in [0.15, 0.2) is 46.9 Å². The number of nitrogens with one attached hydrogen (secondary N) is 1. The molecule has 2 amide bonds. The SMILES string of the molecule is CCNC(=S)N(Cc1ccc2c(c1)OCO2)[C@H]1CC(=O)N(c2ccc(Br)cc2)C1=O. The maximum Gasteiger partial charge on any atom is 0.257 e. The fraction of sp³-hybridized carbons (Fsp3) is 0.286. The number of fused-ring (bicyclic) bond motifs is 1. The number of thiocarbonyl (C=S) groups is 1. The summed E-state index contributed by atoms with van der Waals surface area (Å²) in [5, 5.41) is 3.54. The molecule has 2 aromatic carbocycles. The molecule has 156 valence electrons. The first-order valence-corrected chi connectivity index (χ1v) is 10.7. The van der Waals surface area contributed by atoms with Crippen LogP contribution in [-0.4, -0.2) is 41.2 Å². The van der Waals surface area contributed by atoms with E-state index in [1.165, 1.54) is 4.90 Å². The van der Waals surface area contributed by atoms with E-state index in [0.717, 1.165) is 10.0 Å². The minimum Gasteiger partial charge on any atom is -0.454 e. The van der Waals surface area contributed by atoms with Crippen LogP contribution in [0.3, 0.4) is 0 Å². The van der Waals surface area contributed by atoms with E-state index >= 15 is 0 Å². The minimum absolute atomic E-state index is 0.0605. The first-order chi connectivity index (χ1) is 14.5. The van der Waals surface area contributed by atoms with Crippen molar-refractivity contribution in [1.82, 2.24) is 10.2 Å². The Morgan fingerprint density at radius 1 is 1.20 bits per heavy atom. The third-order valence-corrected chi connectivity index (χ3v) is 5.87. The monoisotopic (exact) mass is 489 g/mol. The van der Waals surface area contributed by atoms with Gasteiger partial charge in [0.2, 0.25) is 12.7 Å². The lowest BCUT2D eigenvalue weighted by molar-refractivity contribution is -0.122. The molecule has 1 saturated heterocycles. The van der Waals surface area contributed by atoms with Gasteiger partial charge >= 0.3 is 0 Å². The van der Waals surface area contributed by atoms with Crippen molar-refractivity contribution in [2.24, 2.45) is 0 Å². The zero-order valence-corrected chi connectivity index (χ0v) is 18.7. The number of halogens is 1. The highest BCUT2D eigenvalue weighted by molar-refractivity contribution is 9.10. The molecule has 4 rings (SSSR count). The van der Waals surface area contributed by atoms with Crippen molar-refractivity contribution in [3.63, 3.8) is 0 Å². The number of carbonyl (C=O) groups is 2. The Morgan fingerprint density at radius 3 is 2.67 bits per heavy atom. The summed E-state index contributed by atoms with van der Waals surface area (Å²) in [5.74, 6) is 0.811. The summed E-state index contributed by atoms with van der Waals surface area (Å²) in [6, 6.07) is 12.0. The van der Waals surface area contributed by atoms with Crippen LogP contribution in [0.2, 0.25) is 0 Å².